The Morgan fingerprint density at radius 3 is 2.73 bits per heavy atom. The van der Waals surface area contributed by atoms with Crippen LogP contribution in [-0.2, 0) is 17.9 Å². The van der Waals surface area contributed by atoms with Crippen molar-refractivity contribution in [2.45, 2.75) is 26.9 Å². The van der Waals surface area contributed by atoms with Crippen LogP contribution in [0.1, 0.15) is 28.1 Å². The van der Waals surface area contributed by atoms with Gasteiger partial charge in [0.2, 0.25) is 5.91 Å². The number of carbonyl (C=O) groups excluding carboxylic acids is 1. The number of halogens is 1. The van der Waals surface area contributed by atoms with Crippen LogP contribution in [0.3, 0.4) is 0 Å². The number of rotatable bonds is 6. The number of nitrogens with one attached hydrogen (secondary N) is 1. The molecule has 0 saturated heterocycles. The van der Waals surface area contributed by atoms with Crippen molar-refractivity contribution in [2.75, 3.05) is 0 Å². The quantitative estimate of drug-likeness (QED) is 0.665. The van der Waals surface area contributed by atoms with Crippen LogP contribution in [0.5, 0.6) is 0 Å². The summed E-state index contributed by atoms with van der Waals surface area (Å²) in [5.74, 6) is 0.482. The van der Waals surface area contributed by atoms with Crippen LogP contribution in [0.15, 0.2) is 53.2 Å². The molecule has 0 aliphatic rings. The highest BCUT2D eigenvalue weighted by atomic mass is 35.5. The molecule has 0 aliphatic heterocycles. The number of hydrogen-bond acceptors (Lipinski definition) is 3. The number of aromatic nitrogens is 2. The van der Waals surface area contributed by atoms with Crippen molar-refractivity contribution in [3.63, 3.8) is 0 Å². The minimum absolute atomic E-state index is 0.219. The summed E-state index contributed by atoms with van der Waals surface area (Å²) in [5, 5.41) is 7.75. The van der Waals surface area contributed by atoms with E-state index in [0.717, 1.165) is 16.8 Å². The molecule has 0 aliphatic carbocycles. The summed E-state index contributed by atoms with van der Waals surface area (Å²) in [7, 11) is 0. The summed E-state index contributed by atoms with van der Waals surface area (Å²) in [5.41, 5.74) is 3.84. The minimum atomic E-state index is -0.219. The maximum absolute atomic E-state index is 12.0. The molecule has 0 radical (unpaired) electrons. The molecule has 2 heterocycles. The zero-order valence-electron chi connectivity index (χ0n) is 14.7. The Bertz CT molecular complexity index is 909. The van der Waals surface area contributed by atoms with Crippen molar-refractivity contribution in [2.24, 2.45) is 0 Å². The fraction of sp³-hybridized carbons (Fsp3) is 0.200. The van der Waals surface area contributed by atoms with E-state index >= 15 is 0 Å². The lowest BCUT2D eigenvalue weighted by Gasteiger charge is -2.04. The molecule has 1 amide bonds. The molecule has 1 N–H and O–H groups in total. The topological polar surface area (TPSA) is 60.1 Å². The van der Waals surface area contributed by atoms with Crippen LogP contribution in [0.25, 0.3) is 6.08 Å². The van der Waals surface area contributed by atoms with Crippen molar-refractivity contribution < 1.29 is 9.21 Å². The van der Waals surface area contributed by atoms with Crippen molar-refractivity contribution in [1.82, 2.24) is 15.1 Å². The summed E-state index contributed by atoms with van der Waals surface area (Å²) in [6.45, 7) is 4.85. The largest absolute Gasteiger partial charge is 0.467 e. The summed E-state index contributed by atoms with van der Waals surface area (Å²) in [4.78, 5) is 12.0. The number of carbonyl (C=O) groups is 1. The van der Waals surface area contributed by atoms with E-state index in [0.29, 0.717) is 24.0 Å². The van der Waals surface area contributed by atoms with E-state index in [4.69, 9.17) is 16.0 Å². The molecule has 134 valence electrons. The number of nitrogens with zero attached hydrogens (tertiary/aromatic N) is 2. The summed E-state index contributed by atoms with van der Waals surface area (Å²) in [6, 6.07) is 11.8. The smallest absolute Gasteiger partial charge is 0.244 e. The van der Waals surface area contributed by atoms with Gasteiger partial charge in [0.05, 0.1) is 25.0 Å². The lowest BCUT2D eigenvalue weighted by molar-refractivity contribution is -0.116. The highest BCUT2D eigenvalue weighted by molar-refractivity contribution is 6.31. The third kappa shape index (κ3) is 4.43. The maximum Gasteiger partial charge on any atom is 0.244 e. The Balaban J connectivity index is 1.67. The molecule has 0 bridgehead atoms. The van der Waals surface area contributed by atoms with Gasteiger partial charge in [0.25, 0.3) is 0 Å². The lowest BCUT2D eigenvalue weighted by atomic mass is 10.1. The number of benzene rings is 1. The molecule has 0 unspecified atom stereocenters. The van der Waals surface area contributed by atoms with Crippen LogP contribution < -0.4 is 5.32 Å². The maximum atomic E-state index is 12.0. The molecule has 1 aromatic carbocycles. The van der Waals surface area contributed by atoms with E-state index in [1.165, 1.54) is 11.6 Å². The summed E-state index contributed by atoms with van der Waals surface area (Å²) < 4.78 is 6.92. The predicted octanol–water partition coefficient (Wildman–Crippen LogP) is 4.12. The van der Waals surface area contributed by atoms with Crippen molar-refractivity contribution >= 4 is 23.6 Å². The average Bonchev–Trinajstić information content (AvgIpc) is 3.23. The third-order valence-corrected chi connectivity index (χ3v) is 4.38. The van der Waals surface area contributed by atoms with Crippen molar-refractivity contribution in [3.05, 3.63) is 82.0 Å². The van der Waals surface area contributed by atoms with Crippen LogP contribution in [-0.4, -0.2) is 15.7 Å². The fourth-order valence-corrected chi connectivity index (χ4v) is 2.83. The number of furan rings is 1. The first-order chi connectivity index (χ1) is 12.5. The molecule has 0 saturated carbocycles. The van der Waals surface area contributed by atoms with Crippen LogP contribution in [0.4, 0.5) is 0 Å². The second kappa shape index (κ2) is 8.06. The molecule has 0 fully saturated rings. The van der Waals surface area contributed by atoms with Gasteiger partial charge in [-0.3, -0.25) is 4.79 Å². The van der Waals surface area contributed by atoms with E-state index in [9.17, 15) is 4.79 Å². The standard InChI is InChI=1S/C20H20ClN3O2/c1-14-5-7-16(8-6-14)13-24-20(21)18(15(2)23-24)9-10-19(25)22-12-17-4-3-11-26-17/h3-11H,12-13H2,1-2H3,(H,22,25)/b10-9+. The van der Waals surface area contributed by atoms with Gasteiger partial charge >= 0.3 is 0 Å². The third-order valence-electron chi connectivity index (χ3n) is 3.98. The van der Waals surface area contributed by atoms with Crippen LogP contribution in [0.2, 0.25) is 5.15 Å². The first kappa shape index (κ1) is 18.0. The summed E-state index contributed by atoms with van der Waals surface area (Å²) in [6.07, 6.45) is 4.71. The monoisotopic (exact) mass is 369 g/mol. The molecule has 6 heteroatoms. The molecule has 3 aromatic rings. The van der Waals surface area contributed by atoms with Gasteiger partial charge in [-0.1, -0.05) is 41.4 Å². The predicted molar refractivity (Wildman–Crippen MR) is 102 cm³/mol. The number of aryl methyl sites for hydroxylation is 2. The van der Waals surface area contributed by atoms with E-state index < -0.39 is 0 Å². The van der Waals surface area contributed by atoms with Gasteiger partial charge in [-0.15, -0.1) is 0 Å². The fourth-order valence-electron chi connectivity index (χ4n) is 2.53. The van der Waals surface area contributed by atoms with Crippen molar-refractivity contribution in [1.29, 1.82) is 0 Å². The minimum Gasteiger partial charge on any atom is -0.467 e. The highest BCUT2D eigenvalue weighted by Gasteiger charge is 2.12. The van der Waals surface area contributed by atoms with E-state index in [2.05, 4.69) is 41.6 Å². The lowest BCUT2D eigenvalue weighted by Crippen LogP contribution is -2.19. The van der Waals surface area contributed by atoms with Gasteiger partial charge in [0.1, 0.15) is 10.9 Å². The van der Waals surface area contributed by atoms with E-state index in [-0.39, 0.29) is 5.91 Å². The second-order valence-corrected chi connectivity index (χ2v) is 6.42. The molecular formula is C20H20ClN3O2. The molecule has 0 atom stereocenters. The first-order valence-corrected chi connectivity index (χ1v) is 8.67. The number of hydrogen-bond donors (Lipinski definition) is 1. The highest BCUT2D eigenvalue weighted by Crippen LogP contribution is 2.22. The Labute approximate surface area is 157 Å². The van der Waals surface area contributed by atoms with E-state index in [1.807, 2.05) is 6.92 Å². The first-order valence-electron chi connectivity index (χ1n) is 8.29. The zero-order valence-corrected chi connectivity index (χ0v) is 15.5. The molecule has 26 heavy (non-hydrogen) atoms. The summed E-state index contributed by atoms with van der Waals surface area (Å²) >= 11 is 6.46. The molecule has 3 rings (SSSR count). The van der Waals surface area contributed by atoms with Crippen LogP contribution >= 0.6 is 11.6 Å². The van der Waals surface area contributed by atoms with Crippen molar-refractivity contribution in [3.8, 4) is 0 Å². The Kier molecular flexibility index (Phi) is 5.58. The molecular weight excluding hydrogens is 350 g/mol. The molecule has 0 spiro atoms. The molecule has 5 nitrogen and oxygen atoms in total. The second-order valence-electron chi connectivity index (χ2n) is 6.06. The van der Waals surface area contributed by atoms with Gasteiger partial charge in [-0.25, -0.2) is 4.68 Å². The zero-order chi connectivity index (χ0) is 18.5. The van der Waals surface area contributed by atoms with Gasteiger partial charge in [0, 0.05) is 11.6 Å². The van der Waals surface area contributed by atoms with Crippen LogP contribution in [0, 0.1) is 13.8 Å². The number of amides is 1. The van der Waals surface area contributed by atoms with Gasteiger partial charge in [-0.2, -0.15) is 5.10 Å². The Morgan fingerprint density at radius 1 is 1.27 bits per heavy atom. The van der Waals surface area contributed by atoms with Gasteiger partial charge in [-0.05, 0) is 37.6 Å². The molecule has 2 aromatic heterocycles. The average molecular weight is 370 g/mol. The van der Waals surface area contributed by atoms with Gasteiger partial charge < -0.3 is 9.73 Å². The SMILES string of the molecule is Cc1ccc(Cn2nc(C)c(/C=C/C(=O)NCc3ccco3)c2Cl)cc1. The normalized spacial score (nSPS) is 11.2. The Hall–Kier alpha value is -2.79. The Morgan fingerprint density at radius 2 is 2.04 bits per heavy atom. The van der Waals surface area contributed by atoms with E-state index in [1.54, 1.807) is 29.2 Å². The van der Waals surface area contributed by atoms with Gasteiger partial charge in [0.15, 0.2) is 0 Å².